The number of benzene rings is 3. The van der Waals surface area contributed by atoms with E-state index in [4.69, 9.17) is 17.3 Å². The zero-order valence-corrected chi connectivity index (χ0v) is 15.6. The number of carbonyl (C=O) groups is 2. The maximum absolute atomic E-state index is 12.9. The number of amides is 1. The quantitative estimate of drug-likeness (QED) is 0.506. The summed E-state index contributed by atoms with van der Waals surface area (Å²) < 4.78 is 0.426. The molecule has 4 rings (SSSR count). The van der Waals surface area contributed by atoms with Crippen LogP contribution in [0.2, 0.25) is 0 Å². The van der Waals surface area contributed by atoms with E-state index >= 15 is 0 Å². The van der Waals surface area contributed by atoms with Crippen molar-refractivity contribution in [2.24, 2.45) is 0 Å². The van der Waals surface area contributed by atoms with Crippen molar-refractivity contribution in [2.75, 3.05) is 4.90 Å². The van der Waals surface area contributed by atoms with Crippen LogP contribution in [-0.4, -0.2) is 21.3 Å². The van der Waals surface area contributed by atoms with Gasteiger partial charge in [0.15, 0.2) is 4.32 Å². The van der Waals surface area contributed by atoms with Crippen molar-refractivity contribution in [2.45, 2.75) is 0 Å². The number of carboxylic acid groups (broad SMARTS) is 1. The van der Waals surface area contributed by atoms with Gasteiger partial charge in [-0.15, -0.1) is 0 Å². The molecule has 1 saturated heterocycles. The van der Waals surface area contributed by atoms with E-state index in [-0.39, 0.29) is 11.5 Å². The molecular formula is C21H13NO3S2. The van der Waals surface area contributed by atoms with E-state index in [9.17, 15) is 9.59 Å². The van der Waals surface area contributed by atoms with Crippen LogP contribution in [0, 0.1) is 0 Å². The van der Waals surface area contributed by atoms with Crippen molar-refractivity contribution in [1.29, 1.82) is 0 Å². The molecule has 0 aliphatic carbocycles. The average molecular weight is 391 g/mol. The highest BCUT2D eigenvalue weighted by Crippen LogP contribution is 2.36. The molecule has 132 valence electrons. The van der Waals surface area contributed by atoms with Gasteiger partial charge in [-0.2, -0.15) is 0 Å². The topological polar surface area (TPSA) is 57.6 Å². The molecule has 1 heterocycles. The summed E-state index contributed by atoms with van der Waals surface area (Å²) in [6, 6.07) is 20.1. The smallest absolute Gasteiger partial charge is 0.335 e. The van der Waals surface area contributed by atoms with Crippen molar-refractivity contribution >= 4 is 62.7 Å². The molecule has 6 heteroatoms. The molecule has 27 heavy (non-hydrogen) atoms. The molecule has 1 N–H and O–H groups in total. The van der Waals surface area contributed by atoms with Gasteiger partial charge in [0.1, 0.15) is 0 Å². The van der Waals surface area contributed by atoms with E-state index in [2.05, 4.69) is 0 Å². The third-order valence-electron chi connectivity index (χ3n) is 4.28. The molecule has 1 aliphatic rings. The summed E-state index contributed by atoms with van der Waals surface area (Å²) in [6.07, 6.45) is 1.85. The normalized spacial score (nSPS) is 15.7. The number of thiocarbonyl (C=S) groups is 1. The maximum atomic E-state index is 12.9. The van der Waals surface area contributed by atoms with Crippen LogP contribution in [0.5, 0.6) is 0 Å². The SMILES string of the molecule is O=C(O)c1ccc(N2C(=O)C(=Cc3cccc4ccccc34)SC2=S)cc1. The largest absolute Gasteiger partial charge is 0.478 e. The van der Waals surface area contributed by atoms with Crippen molar-refractivity contribution in [1.82, 2.24) is 0 Å². The molecule has 1 amide bonds. The van der Waals surface area contributed by atoms with Crippen LogP contribution in [-0.2, 0) is 4.79 Å². The molecule has 3 aromatic carbocycles. The fraction of sp³-hybridized carbons (Fsp3) is 0. The predicted molar refractivity (Wildman–Crippen MR) is 113 cm³/mol. The standard InChI is InChI=1S/C21H13NO3S2/c23-19-18(12-15-6-3-5-13-4-1-2-7-17(13)15)27-21(26)22(19)16-10-8-14(9-11-16)20(24)25/h1-12H,(H,24,25). The number of thioether (sulfide) groups is 1. The first-order valence-corrected chi connectivity index (χ1v) is 9.36. The number of anilines is 1. The second-order valence-electron chi connectivity index (χ2n) is 5.94. The van der Waals surface area contributed by atoms with Gasteiger partial charge in [-0.05, 0) is 46.7 Å². The van der Waals surface area contributed by atoms with Gasteiger partial charge in [0.2, 0.25) is 0 Å². The lowest BCUT2D eigenvalue weighted by molar-refractivity contribution is -0.113. The molecule has 0 saturated carbocycles. The molecule has 0 aromatic heterocycles. The zero-order valence-electron chi connectivity index (χ0n) is 14.0. The van der Waals surface area contributed by atoms with Crippen LogP contribution in [0.25, 0.3) is 16.8 Å². The number of aromatic carboxylic acids is 1. The third kappa shape index (κ3) is 3.25. The number of fused-ring (bicyclic) bond motifs is 1. The Bertz CT molecular complexity index is 1110. The summed E-state index contributed by atoms with van der Waals surface area (Å²) >= 11 is 6.63. The van der Waals surface area contributed by atoms with Crippen molar-refractivity contribution in [3.8, 4) is 0 Å². The minimum Gasteiger partial charge on any atom is -0.478 e. The van der Waals surface area contributed by atoms with Crippen LogP contribution in [0.15, 0.2) is 71.6 Å². The Morgan fingerprint density at radius 3 is 2.44 bits per heavy atom. The van der Waals surface area contributed by atoms with Crippen LogP contribution >= 0.6 is 24.0 Å². The van der Waals surface area contributed by atoms with E-state index in [0.29, 0.717) is 14.9 Å². The zero-order chi connectivity index (χ0) is 19.0. The summed E-state index contributed by atoms with van der Waals surface area (Å²) in [5.74, 6) is -1.22. The van der Waals surface area contributed by atoms with E-state index in [1.54, 1.807) is 12.1 Å². The lowest BCUT2D eigenvalue weighted by atomic mass is 10.0. The second kappa shape index (κ2) is 6.98. The Morgan fingerprint density at radius 2 is 1.70 bits per heavy atom. The highest BCUT2D eigenvalue weighted by Gasteiger charge is 2.33. The number of hydrogen-bond acceptors (Lipinski definition) is 4. The summed E-state index contributed by atoms with van der Waals surface area (Å²) in [4.78, 5) is 25.9. The molecule has 0 unspecified atom stereocenters. The Kier molecular flexibility index (Phi) is 4.51. The van der Waals surface area contributed by atoms with E-state index < -0.39 is 5.97 Å². The first-order valence-electron chi connectivity index (χ1n) is 8.14. The first-order chi connectivity index (χ1) is 13.0. The minimum absolute atomic E-state index is 0.162. The van der Waals surface area contributed by atoms with Crippen molar-refractivity contribution in [3.63, 3.8) is 0 Å². The fourth-order valence-electron chi connectivity index (χ4n) is 2.96. The van der Waals surface area contributed by atoms with Gasteiger partial charge in [0, 0.05) is 0 Å². The summed E-state index contributed by atoms with van der Waals surface area (Å²) in [5.41, 5.74) is 1.68. The maximum Gasteiger partial charge on any atom is 0.335 e. The molecule has 0 radical (unpaired) electrons. The number of nitrogens with zero attached hydrogens (tertiary/aromatic N) is 1. The summed E-state index contributed by atoms with van der Waals surface area (Å²) in [5, 5.41) is 11.2. The second-order valence-corrected chi connectivity index (χ2v) is 7.61. The molecular weight excluding hydrogens is 378 g/mol. The highest BCUT2D eigenvalue weighted by molar-refractivity contribution is 8.27. The van der Waals surface area contributed by atoms with Gasteiger partial charge in [-0.3, -0.25) is 9.69 Å². The lowest BCUT2D eigenvalue weighted by Crippen LogP contribution is -2.27. The Hall–Kier alpha value is -2.96. The van der Waals surface area contributed by atoms with Crippen LogP contribution in [0.4, 0.5) is 5.69 Å². The monoisotopic (exact) mass is 391 g/mol. The summed E-state index contributed by atoms with van der Waals surface area (Å²) in [6.45, 7) is 0. The molecule has 1 fully saturated rings. The predicted octanol–water partition coefficient (Wildman–Crippen LogP) is 4.94. The average Bonchev–Trinajstić information content (AvgIpc) is 2.95. The highest BCUT2D eigenvalue weighted by atomic mass is 32.2. The third-order valence-corrected chi connectivity index (χ3v) is 5.58. The van der Waals surface area contributed by atoms with Gasteiger partial charge in [0.25, 0.3) is 5.91 Å². The van der Waals surface area contributed by atoms with Crippen LogP contribution < -0.4 is 4.90 Å². The van der Waals surface area contributed by atoms with E-state index in [1.165, 1.54) is 28.8 Å². The Balaban J connectivity index is 1.70. The van der Waals surface area contributed by atoms with Crippen molar-refractivity contribution in [3.05, 3.63) is 82.8 Å². The van der Waals surface area contributed by atoms with E-state index in [0.717, 1.165) is 16.3 Å². The number of carboxylic acids is 1. The van der Waals surface area contributed by atoms with Crippen molar-refractivity contribution < 1.29 is 14.7 Å². The van der Waals surface area contributed by atoms with Gasteiger partial charge in [-0.1, -0.05) is 66.4 Å². The molecule has 4 nitrogen and oxygen atoms in total. The molecule has 3 aromatic rings. The van der Waals surface area contributed by atoms with Crippen LogP contribution in [0.3, 0.4) is 0 Å². The van der Waals surface area contributed by atoms with E-state index in [1.807, 2.05) is 48.5 Å². The number of carbonyl (C=O) groups excluding carboxylic acids is 1. The number of hydrogen-bond donors (Lipinski definition) is 1. The molecule has 0 spiro atoms. The first kappa shape index (κ1) is 17.5. The molecule has 1 aliphatic heterocycles. The Labute approximate surface area is 165 Å². The van der Waals surface area contributed by atoms with Gasteiger partial charge in [-0.25, -0.2) is 4.79 Å². The van der Waals surface area contributed by atoms with Crippen LogP contribution in [0.1, 0.15) is 15.9 Å². The minimum atomic E-state index is -1.01. The van der Waals surface area contributed by atoms with Gasteiger partial charge >= 0.3 is 5.97 Å². The molecule has 0 atom stereocenters. The van der Waals surface area contributed by atoms with Gasteiger partial charge < -0.3 is 5.11 Å². The number of rotatable bonds is 3. The van der Waals surface area contributed by atoms with Gasteiger partial charge in [0.05, 0.1) is 16.2 Å². The fourth-order valence-corrected chi connectivity index (χ4v) is 4.25. The summed E-state index contributed by atoms with van der Waals surface area (Å²) in [7, 11) is 0. The lowest BCUT2D eigenvalue weighted by Gasteiger charge is -2.14. The molecule has 0 bridgehead atoms. The Morgan fingerprint density at radius 1 is 1.00 bits per heavy atom.